The number of aryl methyl sites for hydroxylation is 1. The SMILES string of the molecule is CCOc1ccc(S(=O)(=O)Nc2ccc(-c3cn4c(n3)SCC4)cc2)cc1. The lowest BCUT2D eigenvalue weighted by atomic mass is 10.1. The van der Waals surface area contributed by atoms with Gasteiger partial charge in [-0.25, -0.2) is 13.4 Å². The van der Waals surface area contributed by atoms with Crippen molar-refractivity contribution in [2.24, 2.45) is 0 Å². The second kappa shape index (κ2) is 7.28. The van der Waals surface area contributed by atoms with E-state index in [2.05, 4.69) is 14.3 Å². The molecule has 2 aromatic carbocycles. The maximum Gasteiger partial charge on any atom is 0.261 e. The summed E-state index contributed by atoms with van der Waals surface area (Å²) in [6, 6.07) is 13.6. The Morgan fingerprint density at radius 2 is 1.89 bits per heavy atom. The Kier molecular flexibility index (Phi) is 4.84. The third kappa shape index (κ3) is 3.81. The molecule has 0 saturated carbocycles. The summed E-state index contributed by atoms with van der Waals surface area (Å²) in [5.74, 6) is 1.71. The Balaban J connectivity index is 1.50. The number of fused-ring (bicyclic) bond motifs is 1. The number of nitrogens with one attached hydrogen (secondary N) is 1. The lowest BCUT2D eigenvalue weighted by Gasteiger charge is -2.09. The van der Waals surface area contributed by atoms with Crippen LogP contribution in [0.1, 0.15) is 6.92 Å². The van der Waals surface area contributed by atoms with E-state index >= 15 is 0 Å². The van der Waals surface area contributed by atoms with E-state index in [0.29, 0.717) is 18.0 Å². The molecule has 1 N–H and O–H groups in total. The molecule has 1 aliphatic heterocycles. The molecule has 6 nitrogen and oxygen atoms in total. The molecule has 0 atom stereocenters. The van der Waals surface area contributed by atoms with Gasteiger partial charge < -0.3 is 9.30 Å². The van der Waals surface area contributed by atoms with E-state index in [9.17, 15) is 8.42 Å². The average molecular weight is 402 g/mol. The minimum absolute atomic E-state index is 0.192. The van der Waals surface area contributed by atoms with Crippen LogP contribution in [-0.2, 0) is 16.6 Å². The highest BCUT2D eigenvalue weighted by Gasteiger charge is 2.16. The number of nitrogens with zero attached hydrogens (tertiary/aromatic N) is 2. The minimum atomic E-state index is -3.65. The molecule has 27 heavy (non-hydrogen) atoms. The molecular weight excluding hydrogens is 382 g/mol. The van der Waals surface area contributed by atoms with Crippen LogP contribution in [0.25, 0.3) is 11.3 Å². The molecule has 0 amide bonds. The summed E-state index contributed by atoms with van der Waals surface area (Å²) in [6.45, 7) is 3.40. The third-order valence-corrected chi connectivity index (χ3v) is 6.55. The second-order valence-electron chi connectivity index (χ2n) is 6.04. The molecule has 1 aromatic heterocycles. The number of hydrogen-bond donors (Lipinski definition) is 1. The van der Waals surface area contributed by atoms with Crippen LogP contribution >= 0.6 is 11.8 Å². The highest BCUT2D eigenvalue weighted by atomic mass is 32.2. The summed E-state index contributed by atoms with van der Waals surface area (Å²) in [5, 5.41) is 1.03. The quantitative estimate of drug-likeness (QED) is 0.679. The normalized spacial score (nSPS) is 13.4. The highest BCUT2D eigenvalue weighted by Crippen LogP contribution is 2.29. The van der Waals surface area contributed by atoms with Crippen LogP contribution in [0.5, 0.6) is 5.75 Å². The van der Waals surface area contributed by atoms with Gasteiger partial charge in [0.05, 0.1) is 17.2 Å². The third-order valence-electron chi connectivity index (χ3n) is 4.18. The number of benzene rings is 2. The summed E-state index contributed by atoms with van der Waals surface area (Å²) in [4.78, 5) is 4.80. The van der Waals surface area contributed by atoms with Gasteiger partial charge in [-0.2, -0.15) is 0 Å². The number of sulfonamides is 1. The maximum atomic E-state index is 12.5. The molecule has 3 aromatic rings. The predicted octanol–water partition coefficient (Wildman–Crippen LogP) is 3.86. The van der Waals surface area contributed by atoms with Gasteiger partial charge in [0.15, 0.2) is 5.16 Å². The number of rotatable bonds is 6. The van der Waals surface area contributed by atoms with Gasteiger partial charge in [0.2, 0.25) is 0 Å². The van der Waals surface area contributed by atoms with Gasteiger partial charge in [-0.1, -0.05) is 23.9 Å². The van der Waals surface area contributed by atoms with Gasteiger partial charge in [0.1, 0.15) is 5.75 Å². The van der Waals surface area contributed by atoms with Crippen molar-refractivity contribution in [3.63, 3.8) is 0 Å². The molecule has 0 spiro atoms. The first-order valence-corrected chi connectivity index (χ1v) is 11.1. The van der Waals surface area contributed by atoms with E-state index in [4.69, 9.17) is 4.74 Å². The number of anilines is 1. The standard InChI is InChI=1S/C19H19N3O3S2/c1-2-25-16-7-9-17(10-8-16)27(23,24)21-15-5-3-14(4-6-15)18-13-22-11-12-26-19(22)20-18/h3-10,13,21H,2,11-12H2,1H3. The van der Waals surface area contributed by atoms with Gasteiger partial charge >= 0.3 is 0 Å². The van der Waals surface area contributed by atoms with Crippen molar-refractivity contribution in [2.45, 2.75) is 23.5 Å². The molecule has 0 aliphatic carbocycles. The van der Waals surface area contributed by atoms with Gasteiger partial charge in [0.25, 0.3) is 10.0 Å². The zero-order valence-electron chi connectivity index (χ0n) is 14.8. The second-order valence-corrected chi connectivity index (χ2v) is 8.78. The van der Waals surface area contributed by atoms with E-state index in [0.717, 1.165) is 28.7 Å². The van der Waals surface area contributed by atoms with Crippen molar-refractivity contribution in [1.82, 2.24) is 9.55 Å². The number of thioether (sulfide) groups is 1. The van der Waals surface area contributed by atoms with Gasteiger partial charge in [-0.3, -0.25) is 4.72 Å². The Morgan fingerprint density at radius 3 is 2.56 bits per heavy atom. The molecule has 8 heteroatoms. The van der Waals surface area contributed by atoms with Crippen molar-refractivity contribution in [2.75, 3.05) is 17.1 Å². The molecule has 1 aliphatic rings. The van der Waals surface area contributed by atoms with E-state index < -0.39 is 10.0 Å². The Labute approximate surface area is 162 Å². The number of hydrogen-bond acceptors (Lipinski definition) is 5. The molecular formula is C19H19N3O3S2. The highest BCUT2D eigenvalue weighted by molar-refractivity contribution is 7.99. The minimum Gasteiger partial charge on any atom is -0.494 e. The summed E-state index contributed by atoms with van der Waals surface area (Å²) in [6.07, 6.45) is 2.04. The molecule has 0 bridgehead atoms. The molecule has 0 unspecified atom stereocenters. The fourth-order valence-corrected chi connectivity index (χ4v) is 4.86. The Bertz CT molecular complexity index is 1020. The van der Waals surface area contributed by atoms with Crippen molar-refractivity contribution in [3.05, 3.63) is 54.7 Å². The van der Waals surface area contributed by atoms with Gasteiger partial charge in [-0.15, -0.1) is 0 Å². The van der Waals surface area contributed by atoms with Crippen LogP contribution in [0.3, 0.4) is 0 Å². The van der Waals surface area contributed by atoms with Crippen LogP contribution in [0.15, 0.2) is 64.8 Å². The Hall–Kier alpha value is -2.45. The monoisotopic (exact) mass is 401 g/mol. The molecule has 140 valence electrons. The zero-order valence-corrected chi connectivity index (χ0v) is 16.4. The van der Waals surface area contributed by atoms with Crippen LogP contribution in [0, 0.1) is 0 Å². The summed E-state index contributed by atoms with van der Waals surface area (Å²) in [5.41, 5.74) is 2.37. The van der Waals surface area contributed by atoms with Crippen molar-refractivity contribution in [1.29, 1.82) is 0 Å². The largest absolute Gasteiger partial charge is 0.494 e. The average Bonchev–Trinajstić information content (AvgIpc) is 3.25. The van der Waals surface area contributed by atoms with Crippen LogP contribution in [-0.4, -0.2) is 30.3 Å². The van der Waals surface area contributed by atoms with E-state index in [1.54, 1.807) is 36.0 Å². The van der Waals surface area contributed by atoms with Crippen molar-refractivity contribution < 1.29 is 13.2 Å². The smallest absolute Gasteiger partial charge is 0.261 e. The number of aromatic nitrogens is 2. The van der Waals surface area contributed by atoms with E-state index in [1.165, 1.54) is 12.1 Å². The first-order valence-electron chi connectivity index (χ1n) is 8.61. The molecule has 2 heterocycles. The number of imidazole rings is 1. The van der Waals surface area contributed by atoms with Gasteiger partial charge in [0, 0.05) is 29.7 Å². The van der Waals surface area contributed by atoms with Crippen molar-refractivity contribution in [3.8, 4) is 17.0 Å². The molecule has 0 fully saturated rings. The molecule has 4 rings (SSSR count). The predicted molar refractivity (Wildman–Crippen MR) is 107 cm³/mol. The van der Waals surface area contributed by atoms with Gasteiger partial charge in [-0.05, 0) is 43.3 Å². The summed E-state index contributed by atoms with van der Waals surface area (Å²) in [7, 11) is -3.65. The van der Waals surface area contributed by atoms with Crippen LogP contribution < -0.4 is 9.46 Å². The maximum absolute atomic E-state index is 12.5. The topological polar surface area (TPSA) is 73.2 Å². The fourth-order valence-electron chi connectivity index (χ4n) is 2.85. The van der Waals surface area contributed by atoms with Crippen molar-refractivity contribution >= 4 is 27.5 Å². The fraction of sp³-hybridized carbons (Fsp3) is 0.211. The lowest BCUT2D eigenvalue weighted by Crippen LogP contribution is -2.12. The summed E-state index contributed by atoms with van der Waals surface area (Å²) < 4.78 is 35.2. The van der Waals surface area contributed by atoms with E-state index in [-0.39, 0.29) is 4.90 Å². The van der Waals surface area contributed by atoms with Crippen LogP contribution in [0.4, 0.5) is 5.69 Å². The zero-order chi connectivity index (χ0) is 18.9. The Morgan fingerprint density at radius 1 is 1.15 bits per heavy atom. The molecule has 0 radical (unpaired) electrons. The lowest BCUT2D eigenvalue weighted by molar-refractivity contribution is 0.340. The summed E-state index contributed by atoms with van der Waals surface area (Å²) >= 11 is 1.75. The van der Waals surface area contributed by atoms with E-state index in [1.807, 2.05) is 25.3 Å². The first-order chi connectivity index (χ1) is 13.0. The first kappa shape index (κ1) is 17.9. The van der Waals surface area contributed by atoms with Crippen LogP contribution in [0.2, 0.25) is 0 Å². The number of ether oxygens (including phenoxy) is 1. The molecule has 0 saturated heterocycles.